The predicted octanol–water partition coefficient (Wildman–Crippen LogP) is 3.45. The minimum atomic E-state index is 0.531. The molecule has 0 aromatic heterocycles. The van der Waals surface area contributed by atoms with Gasteiger partial charge in [-0.1, -0.05) is 32.4 Å². The Hall–Kier alpha value is -1.75. The molecule has 0 aliphatic carbocycles. The average Bonchev–Trinajstić information content (AvgIpc) is 2.70. The molecule has 2 N–H and O–H groups in total. The van der Waals surface area contributed by atoms with E-state index in [0.29, 0.717) is 6.04 Å². The van der Waals surface area contributed by atoms with Gasteiger partial charge >= 0.3 is 0 Å². The summed E-state index contributed by atoms with van der Waals surface area (Å²) < 4.78 is 5.72. The summed E-state index contributed by atoms with van der Waals surface area (Å²) in [4.78, 5) is 6.94. The Kier molecular flexibility index (Phi) is 10.1. The van der Waals surface area contributed by atoms with Gasteiger partial charge in [-0.2, -0.15) is 0 Å². The van der Waals surface area contributed by atoms with E-state index in [1.54, 1.807) is 0 Å². The summed E-state index contributed by atoms with van der Waals surface area (Å²) in [5.41, 5.74) is 1.31. The van der Waals surface area contributed by atoms with Crippen molar-refractivity contribution in [3.63, 3.8) is 0 Å². The number of benzene rings is 1. The van der Waals surface area contributed by atoms with Gasteiger partial charge in [-0.25, -0.2) is 0 Å². The van der Waals surface area contributed by atoms with E-state index in [4.69, 9.17) is 4.74 Å². The number of likely N-dealkylation sites (tertiary alicyclic amines) is 1. The fourth-order valence-electron chi connectivity index (χ4n) is 3.42. The van der Waals surface area contributed by atoms with Gasteiger partial charge in [-0.05, 0) is 56.3 Å². The van der Waals surface area contributed by atoms with Crippen LogP contribution in [0.5, 0.6) is 5.75 Å². The second kappa shape index (κ2) is 12.6. The molecule has 0 radical (unpaired) electrons. The number of hydrogen-bond donors (Lipinski definition) is 2. The van der Waals surface area contributed by atoms with E-state index in [9.17, 15) is 0 Å². The van der Waals surface area contributed by atoms with E-state index in [-0.39, 0.29) is 0 Å². The molecule has 152 valence electrons. The molecule has 0 amide bonds. The van der Waals surface area contributed by atoms with Gasteiger partial charge in [0.1, 0.15) is 5.75 Å². The third-order valence-corrected chi connectivity index (χ3v) is 5.09. The Morgan fingerprint density at radius 1 is 1.15 bits per heavy atom. The molecule has 1 saturated heterocycles. The number of nitrogens with one attached hydrogen (secondary N) is 2. The number of piperidine rings is 1. The standard InChI is InChI=1S/C22H38N4O/c1-4-6-18-27-21-9-7-19(8-10-21)11-14-24-22(23-3)25-20-12-16-26(15-5-2)17-13-20/h7-10,20H,4-6,11-18H2,1-3H3,(H2,23,24,25). The lowest BCUT2D eigenvalue weighted by Gasteiger charge is -2.32. The van der Waals surface area contributed by atoms with Crippen molar-refractivity contribution in [2.24, 2.45) is 4.99 Å². The van der Waals surface area contributed by atoms with Crippen molar-refractivity contribution < 1.29 is 4.74 Å². The van der Waals surface area contributed by atoms with E-state index in [1.165, 1.54) is 44.5 Å². The summed E-state index contributed by atoms with van der Waals surface area (Å²) in [6.07, 6.45) is 6.88. The van der Waals surface area contributed by atoms with Gasteiger partial charge < -0.3 is 20.3 Å². The topological polar surface area (TPSA) is 48.9 Å². The molecule has 0 unspecified atom stereocenters. The van der Waals surface area contributed by atoms with Gasteiger partial charge in [-0.15, -0.1) is 0 Å². The van der Waals surface area contributed by atoms with Crippen LogP contribution in [0.25, 0.3) is 0 Å². The van der Waals surface area contributed by atoms with Crippen molar-refractivity contribution in [1.82, 2.24) is 15.5 Å². The molecular formula is C22H38N4O. The number of rotatable bonds is 10. The molecule has 27 heavy (non-hydrogen) atoms. The minimum Gasteiger partial charge on any atom is -0.494 e. The van der Waals surface area contributed by atoms with E-state index >= 15 is 0 Å². The molecule has 2 rings (SSSR count). The molecule has 0 bridgehead atoms. The van der Waals surface area contributed by atoms with Crippen LogP contribution in [-0.2, 0) is 6.42 Å². The molecule has 0 spiro atoms. The van der Waals surface area contributed by atoms with Crippen LogP contribution in [0.4, 0.5) is 0 Å². The van der Waals surface area contributed by atoms with Crippen LogP contribution in [0.1, 0.15) is 51.5 Å². The first kappa shape index (κ1) is 21.5. The zero-order valence-electron chi connectivity index (χ0n) is 17.5. The number of guanidine groups is 1. The third-order valence-electron chi connectivity index (χ3n) is 5.09. The van der Waals surface area contributed by atoms with E-state index in [2.05, 4.69) is 58.6 Å². The highest BCUT2D eigenvalue weighted by atomic mass is 16.5. The summed E-state index contributed by atoms with van der Waals surface area (Å²) >= 11 is 0. The number of unbranched alkanes of at least 4 members (excludes halogenated alkanes) is 1. The zero-order valence-corrected chi connectivity index (χ0v) is 17.5. The molecule has 1 aromatic carbocycles. The monoisotopic (exact) mass is 374 g/mol. The van der Waals surface area contributed by atoms with Gasteiger partial charge in [0.25, 0.3) is 0 Å². The molecule has 1 fully saturated rings. The van der Waals surface area contributed by atoms with Crippen molar-refractivity contribution in [3.05, 3.63) is 29.8 Å². The van der Waals surface area contributed by atoms with Crippen LogP contribution in [0.3, 0.4) is 0 Å². The van der Waals surface area contributed by atoms with Crippen molar-refractivity contribution in [1.29, 1.82) is 0 Å². The maximum absolute atomic E-state index is 5.72. The second-order valence-corrected chi connectivity index (χ2v) is 7.36. The Morgan fingerprint density at radius 2 is 1.89 bits per heavy atom. The Bertz CT molecular complexity index is 536. The lowest BCUT2D eigenvalue weighted by molar-refractivity contribution is 0.206. The van der Waals surface area contributed by atoms with E-state index < -0.39 is 0 Å². The van der Waals surface area contributed by atoms with Crippen LogP contribution >= 0.6 is 0 Å². The Labute approximate surface area is 165 Å². The molecule has 1 aliphatic rings. The fourth-order valence-corrected chi connectivity index (χ4v) is 3.42. The van der Waals surface area contributed by atoms with Gasteiger partial charge in [0.05, 0.1) is 6.61 Å². The van der Waals surface area contributed by atoms with Gasteiger partial charge in [-0.3, -0.25) is 4.99 Å². The molecule has 0 saturated carbocycles. The second-order valence-electron chi connectivity index (χ2n) is 7.36. The summed E-state index contributed by atoms with van der Waals surface area (Å²) in [6.45, 7) is 9.72. The van der Waals surface area contributed by atoms with Gasteiger partial charge in [0, 0.05) is 32.7 Å². The van der Waals surface area contributed by atoms with Gasteiger partial charge in [0.2, 0.25) is 0 Å². The lowest BCUT2D eigenvalue weighted by Crippen LogP contribution is -2.49. The number of hydrogen-bond acceptors (Lipinski definition) is 3. The molecule has 0 atom stereocenters. The van der Waals surface area contributed by atoms with Crippen LogP contribution in [0, 0.1) is 0 Å². The molecule has 1 heterocycles. The molecule has 5 nitrogen and oxygen atoms in total. The molecule has 1 aromatic rings. The summed E-state index contributed by atoms with van der Waals surface area (Å²) in [5, 5.41) is 7.04. The van der Waals surface area contributed by atoms with Crippen LogP contribution in [0.2, 0.25) is 0 Å². The summed E-state index contributed by atoms with van der Waals surface area (Å²) in [7, 11) is 1.85. The fraction of sp³-hybridized carbons (Fsp3) is 0.682. The molecule has 1 aliphatic heterocycles. The number of nitrogens with zero attached hydrogens (tertiary/aromatic N) is 2. The highest BCUT2D eigenvalue weighted by molar-refractivity contribution is 5.79. The quantitative estimate of drug-likeness (QED) is 0.374. The first-order valence-electron chi connectivity index (χ1n) is 10.7. The minimum absolute atomic E-state index is 0.531. The Morgan fingerprint density at radius 3 is 2.52 bits per heavy atom. The van der Waals surface area contributed by atoms with Crippen LogP contribution in [0.15, 0.2) is 29.3 Å². The van der Waals surface area contributed by atoms with Crippen molar-refractivity contribution >= 4 is 5.96 Å². The van der Waals surface area contributed by atoms with Crippen molar-refractivity contribution in [3.8, 4) is 5.75 Å². The molecule has 5 heteroatoms. The zero-order chi connectivity index (χ0) is 19.3. The number of aliphatic imine (C=N–C) groups is 1. The smallest absolute Gasteiger partial charge is 0.191 e. The maximum Gasteiger partial charge on any atom is 0.191 e. The SMILES string of the molecule is CCCCOc1ccc(CCNC(=NC)NC2CCN(CCC)CC2)cc1. The number of ether oxygens (including phenoxy) is 1. The highest BCUT2D eigenvalue weighted by Gasteiger charge is 2.19. The van der Waals surface area contributed by atoms with Crippen molar-refractivity contribution in [2.45, 2.75) is 58.4 Å². The maximum atomic E-state index is 5.72. The largest absolute Gasteiger partial charge is 0.494 e. The van der Waals surface area contributed by atoms with Crippen LogP contribution < -0.4 is 15.4 Å². The lowest BCUT2D eigenvalue weighted by atomic mass is 10.1. The average molecular weight is 375 g/mol. The van der Waals surface area contributed by atoms with Crippen molar-refractivity contribution in [2.75, 3.05) is 39.8 Å². The Balaban J connectivity index is 1.66. The summed E-state index contributed by atoms with van der Waals surface area (Å²) in [5.74, 6) is 1.88. The predicted molar refractivity (Wildman–Crippen MR) is 115 cm³/mol. The van der Waals surface area contributed by atoms with E-state index in [1.807, 2.05) is 7.05 Å². The van der Waals surface area contributed by atoms with Gasteiger partial charge in [0.15, 0.2) is 5.96 Å². The molecular weight excluding hydrogens is 336 g/mol. The third kappa shape index (κ3) is 8.21. The first-order chi connectivity index (χ1) is 13.2. The van der Waals surface area contributed by atoms with E-state index in [0.717, 1.165) is 44.1 Å². The first-order valence-corrected chi connectivity index (χ1v) is 10.7. The summed E-state index contributed by atoms with van der Waals surface area (Å²) in [6, 6.07) is 8.99. The highest BCUT2D eigenvalue weighted by Crippen LogP contribution is 2.13. The normalized spacial score (nSPS) is 16.3. The van der Waals surface area contributed by atoms with Crippen LogP contribution in [-0.4, -0.2) is 56.7 Å².